The first-order chi connectivity index (χ1) is 9.99. The molecule has 0 spiro atoms. The maximum Gasteiger partial charge on any atom is 0.435 e. The fourth-order valence-electron chi connectivity index (χ4n) is 1.72. The normalized spacial score (nSPS) is 11.4. The predicted molar refractivity (Wildman–Crippen MR) is 71.6 cm³/mol. The van der Waals surface area contributed by atoms with E-state index in [4.69, 9.17) is 5.11 Å². The van der Waals surface area contributed by atoms with Crippen LogP contribution in [0, 0.1) is 0 Å². The number of rotatable bonds is 5. The van der Waals surface area contributed by atoms with Crippen molar-refractivity contribution in [3.05, 3.63) is 53.2 Å². The summed E-state index contributed by atoms with van der Waals surface area (Å²) in [6.45, 7) is 0.526. The molecule has 2 aromatic rings. The van der Waals surface area contributed by atoms with Gasteiger partial charge in [0.05, 0.1) is 6.61 Å². The molecule has 0 amide bonds. The zero-order valence-corrected chi connectivity index (χ0v) is 11.1. The monoisotopic (exact) mass is 297 g/mol. The summed E-state index contributed by atoms with van der Waals surface area (Å²) < 4.78 is 36.9. The van der Waals surface area contributed by atoms with Crippen molar-refractivity contribution in [3.8, 4) is 0 Å². The molecule has 0 aliphatic heterocycles. The zero-order chi connectivity index (χ0) is 15.3. The summed E-state index contributed by atoms with van der Waals surface area (Å²) >= 11 is 0. The lowest BCUT2D eigenvalue weighted by molar-refractivity contribution is -0.141. The Kier molecular flexibility index (Phi) is 4.74. The molecule has 0 aliphatic rings. The average molecular weight is 297 g/mol. The van der Waals surface area contributed by atoms with Crippen LogP contribution in [0.1, 0.15) is 16.8 Å². The zero-order valence-electron chi connectivity index (χ0n) is 11.1. The molecule has 2 N–H and O–H groups in total. The van der Waals surface area contributed by atoms with Crippen LogP contribution >= 0.6 is 0 Å². The summed E-state index contributed by atoms with van der Waals surface area (Å²) in [6.07, 6.45) is -3.78. The van der Waals surface area contributed by atoms with Crippen molar-refractivity contribution in [2.45, 2.75) is 19.2 Å². The van der Waals surface area contributed by atoms with Gasteiger partial charge in [-0.1, -0.05) is 24.3 Å². The van der Waals surface area contributed by atoms with Gasteiger partial charge in [0.1, 0.15) is 5.82 Å². The Balaban J connectivity index is 1.85. The maximum absolute atomic E-state index is 12.3. The van der Waals surface area contributed by atoms with Crippen LogP contribution in [0.15, 0.2) is 36.4 Å². The van der Waals surface area contributed by atoms with Gasteiger partial charge in [-0.3, -0.25) is 0 Å². The number of anilines is 1. The fraction of sp³-hybridized carbons (Fsp3) is 0.286. The Morgan fingerprint density at radius 3 is 2.14 bits per heavy atom. The Bertz CT molecular complexity index is 568. The third-order valence-corrected chi connectivity index (χ3v) is 2.88. The van der Waals surface area contributed by atoms with Gasteiger partial charge in [0.15, 0.2) is 5.69 Å². The molecule has 0 bridgehead atoms. The van der Waals surface area contributed by atoms with Gasteiger partial charge in [-0.25, -0.2) is 0 Å². The van der Waals surface area contributed by atoms with E-state index in [1.165, 1.54) is 6.07 Å². The highest BCUT2D eigenvalue weighted by Gasteiger charge is 2.32. The molecule has 0 unspecified atom stereocenters. The number of alkyl halides is 3. The van der Waals surface area contributed by atoms with Crippen LogP contribution < -0.4 is 5.32 Å². The van der Waals surface area contributed by atoms with Gasteiger partial charge in [0.25, 0.3) is 0 Å². The van der Waals surface area contributed by atoms with Gasteiger partial charge in [-0.05, 0) is 29.7 Å². The molecule has 0 saturated heterocycles. The molecule has 7 heteroatoms. The molecular weight excluding hydrogens is 283 g/mol. The van der Waals surface area contributed by atoms with Crippen molar-refractivity contribution in [2.24, 2.45) is 0 Å². The first-order valence-corrected chi connectivity index (χ1v) is 6.32. The van der Waals surface area contributed by atoms with Gasteiger partial charge in [-0.15, -0.1) is 10.2 Å². The van der Waals surface area contributed by atoms with Crippen LogP contribution in [0.4, 0.5) is 19.0 Å². The number of nitrogens with zero attached hydrogens (tertiary/aromatic N) is 2. The third kappa shape index (κ3) is 4.42. The van der Waals surface area contributed by atoms with Gasteiger partial charge in [0, 0.05) is 6.54 Å². The van der Waals surface area contributed by atoms with E-state index in [0.29, 0.717) is 18.8 Å². The topological polar surface area (TPSA) is 58.0 Å². The van der Waals surface area contributed by atoms with Crippen LogP contribution in [-0.2, 0) is 19.2 Å². The van der Waals surface area contributed by atoms with E-state index in [9.17, 15) is 13.2 Å². The molecular formula is C14H14F3N3O. The minimum Gasteiger partial charge on any atom is -0.392 e. The van der Waals surface area contributed by atoms with Crippen molar-refractivity contribution in [1.82, 2.24) is 10.2 Å². The fourth-order valence-corrected chi connectivity index (χ4v) is 1.72. The van der Waals surface area contributed by atoms with E-state index in [1.807, 2.05) is 24.3 Å². The second kappa shape index (κ2) is 6.53. The lowest BCUT2D eigenvalue weighted by atomic mass is 10.1. The molecule has 0 atom stereocenters. The van der Waals surface area contributed by atoms with Crippen molar-refractivity contribution in [1.29, 1.82) is 0 Å². The summed E-state index contributed by atoms with van der Waals surface area (Å²) in [4.78, 5) is 0. The summed E-state index contributed by atoms with van der Waals surface area (Å²) in [5.41, 5.74) is 0.882. The van der Waals surface area contributed by atoms with Gasteiger partial charge < -0.3 is 10.4 Å². The Labute approximate surface area is 119 Å². The summed E-state index contributed by atoms with van der Waals surface area (Å²) in [7, 11) is 0. The SMILES string of the molecule is OCc1ccc(CCNc2ccc(C(F)(F)F)nn2)cc1. The third-order valence-electron chi connectivity index (χ3n) is 2.88. The highest BCUT2D eigenvalue weighted by atomic mass is 19.4. The number of aromatic nitrogens is 2. The maximum atomic E-state index is 12.3. The standard InChI is InChI=1S/C14H14F3N3O/c15-14(16,17)12-5-6-13(20-19-12)18-8-7-10-1-3-11(9-21)4-2-10/h1-6,21H,7-9H2,(H,18,20). The molecule has 112 valence electrons. The van der Waals surface area contributed by atoms with Crippen LogP contribution in [0.2, 0.25) is 0 Å². The summed E-state index contributed by atoms with van der Waals surface area (Å²) in [6, 6.07) is 9.59. The van der Waals surface area contributed by atoms with Crippen LogP contribution in [0.3, 0.4) is 0 Å². The summed E-state index contributed by atoms with van der Waals surface area (Å²) in [5.74, 6) is 0.301. The first-order valence-electron chi connectivity index (χ1n) is 6.32. The Hall–Kier alpha value is -2.15. The highest BCUT2D eigenvalue weighted by Crippen LogP contribution is 2.26. The predicted octanol–water partition coefficient (Wildman–Crippen LogP) is 2.64. The van der Waals surface area contributed by atoms with Gasteiger partial charge in [0.2, 0.25) is 0 Å². The number of aliphatic hydroxyl groups excluding tert-OH is 1. The first kappa shape index (κ1) is 15.2. The molecule has 1 aromatic heterocycles. The van der Waals surface area contributed by atoms with Crippen LogP contribution in [0.5, 0.6) is 0 Å². The Morgan fingerprint density at radius 1 is 0.952 bits per heavy atom. The minimum atomic E-state index is -4.47. The van der Waals surface area contributed by atoms with E-state index in [-0.39, 0.29) is 6.61 Å². The average Bonchev–Trinajstić information content (AvgIpc) is 2.47. The minimum absolute atomic E-state index is 0.000324. The van der Waals surface area contributed by atoms with E-state index in [2.05, 4.69) is 15.5 Å². The van der Waals surface area contributed by atoms with Gasteiger partial charge >= 0.3 is 6.18 Å². The molecule has 1 aromatic carbocycles. The number of nitrogens with one attached hydrogen (secondary N) is 1. The lowest BCUT2D eigenvalue weighted by Gasteiger charge is -2.07. The van der Waals surface area contributed by atoms with E-state index in [1.54, 1.807) is 0 Å². The smallest absolute Gasteiger partial charge is 0.392 e. The van der Waals surface area contributed by atoms with Crippen molar-refractivity contribution >= 4 is 5.82 Å². The van der Waals surface area contributed by atoms with Crippen molar-refractivity contribution in [3.63, 3.8) is 0 Å². The molecule has 0 radical (unpaired) electrons. The van der Waals surface area contributed by atoms with E-state index >= 15 is 0 Å². The number of hydrogen-bond acceptors (Lipinski definition) is 4. The van der Waals surface area contributed by atoms with Crippen molar-refractivity contribution in [2.75, 3.05) is 11.9 Å². The molecule has 0 aliphatic carbocycles. The lowest BCUT2D eigenvalue weighted by Crippen LogP contribution is -2.11. The van der Waals surface area contributed by atoms with Crippen LogP contribution in [-0.4, -0.2) is 21.8 Å². The van der Waals surface area contributed by atoms with Gasteiger partial charge in [-0.2, -0.15) is 13.2 Å². The molecule has 4 nitrogen and oxygen atoms in total. The number of aliphatic hydroxyl groups is 1. The molecule has 0 saturated carbocycles. The molecule has 2 rings (SSSR count). The number of halogens is 3. The molecule has 1 heterocycles. The van der Waals surface area contributed by atoms with E-state index in [0.717, 1.165) is 17.2 Å². The Morgan fingerprint density at radius 2 is 1.62 bits per heavy atom. The number of benzene rings is 1. The molecule has 0 fully saturated rings. The number of hydrogen-bond donors (Lipinski definition) is 2. The molecule has 21 heavy (non-hydrogen) atoms. The largest absolute Gasteiger partial charge is 0.435 e. The second-order valence-corrected chi connectivity index (χ2v) is 4.45. The second-order valence-electron chi connectivity index (χ2n) is 4.45. The van der Waals surface area contributed by atoms with Crippen molar-refractivity contribution < 1.29 is 18.3 Å². The van der Waals surface area contributed by atoms with Crippen LogP contribution in [0.25, 0.3) is 0 Å². The summed E-state index contributed by atoms with van der Waals surface area (Å²) in [5, 5.41) is 18.5. The highest BCUT2D eigenvalue weighted by molar-refractivity contribution is 5.34. The van der Waals surface area contributed by atoms with E-state index < -0.39 is 11.9 Å². The quantitative estimate of drug-likeness (QED) is 0.891.